The van der Waals surface area contributed by atoms with Crippen LogP contribution in [-0.4, -0.2) is 37.6 Å². The van der Waals surface area contributed by atoms with Crippen LogP contribution in [0.25, 0.3) is 5.76 Å². The van der Waals surface area contributed by atoms with E-state index in [1.165, 1.54) is 19.1 Å². The molecule has 1 fully saturated rings. The number of hydrogen-bond donors (Lipinski definition) is 1. The number of nitrogens with zero attached hydrogens (tertiary/aromatic N) is 1. The Kier molecular flexibility index (Phi) is 8.82. The lowest BCUT2D eigenvalue weighted by molar-refractivity contribution is -0.132. The van der Waals surface area contributed by atoms with Crippen molar-refractivity contribution < 1.29 is 28.9 Å². The number of aliphatic hydroxyl groups is 1. The van der Waals surface area contributed by atoms with Crippen molar-refractivity contribution in [3.63, 3.8) is 0 Å². The molecule has 7 nitrogen and oxygen atoms in total. The van der Waals surface area contributed by atoms with Crippen LogP contribution >= 0.6 is 11.6 Å². The summed E-state index contributed by atoms with van der Waals surface area (Å²) in [6.45, 7) is 4.51. The molecule has 4 rings (SSSR count). The van der Waals surface area contributed by atoms with Gasteiger partial charge < -0.3 is 19.3 Å². The SMILES string of the molecule is CCCCCOc1ccc(/C(O)=C2\C(=O)C(=O)N(c3cccc(Cl)c3C)C2c2ccc(OC)c(OC)c2)cc1. The van der Waals surface area contributed by atoms with Gasteiger partial charge in [0.15, 0.2) is 11.5 Å². The number of benzene rings is 3. The van der Waals surface area contributed by atoms with Crippen LogP contribution in [0.5, 0.6) is 17.2 Å². The molecule has 1 aliphatic heterocycles. The molecule has 0 spiro atoms. The predicted octanol–water partition coefficient (Wildman–Crippen LogP) is 6.86. The van der Waals surface area contributed by atoms with Crippen molar-refractivity contribution in [2.24, 2.45) is 0 Å². The quantitative estimate of drug-likeness (QED) is 0.129. The number of rotatable bonds is 10. The number of ketones is 1. The zero-order valence-corrected chi connectivity index (χ0v) is 23.2. The number of carbonyl (C=O) groups is 2. The van der Waals surface area contributed by atoms with Gasteiger partial charge in [-0.15, -0.1) is 0 Å². The van der Waals surface area contributed by atoms with Crippen LogP contribution in [0.1, 0.15) is 48.9 Å². The highest BCUT2D eigenvalue weighted by Gasteiger charge is 2.47. The number of ether oxygens (including phenoxy) is 3. The Bertz CT molecular complexity index is 1400. The van der Waals surface area contributed by atoms with E-state index in [9.17, 15) is 14.7 Å². The largest absolute Gasteiger partial charge is 0.507 e. The van der Waals surface area contributed by atoms with Crippen LogP contribution in [0.4, 0.5) is 5.69 Å². The maximum Gasteiger partial charge on any atom is 0.300 e. The fourth-order valence-corrected chi connectivity index (χ4v) is 4.85. The molecule has 1 aliphatic rings. The van der Waals surface area contributed by atoms with Crippen molar-refractivity contribution >= 4 is 34.7 Å². The number of methoxy groups -OCH3 is 2. The molecule has 1 saturated heterocycles. The van der Waals surface area contributed by atoms with Crippen molar-refractivity contribution in [3.05, 3.63) is 87.9 Å². The summed E-state index contributed by atoms with van der Waals surface area (Å²) in [7, 11) is 3.03. The van der Waals surface area contributed by atoms with Crippen LogP contribution in [0.2, 0.25) is 5.02 Å². The molecule has 0 aliphatic carbocycles. The molecule has 1 heterocycles. The summed E-state index contributed by atoms with van der Waals surface area (Å²) in [5.74, 6) is -0.272. The van der Waals surface area contributed by atoms with E-state index in [0.29, 0.717) is 51.3 Å². The molecule has 1 unspecified atom stereocenters. The van der Waals surface area contributed by atoms with E-state index in [4.69, 9.17) is 25.8 Å². The third-order valence-corrected chi connectivity index (χ3v) is 7.22. The van der Waals surface area contributed by atoms with E-state index in [1.54, 1.807) is 67.6 Å². The monoisotopic (exact) mass is 549 g/mol. The first-order chi connectivity index (χ1) is 18.8. The van der Waals surface area contributed by atoms with Gasteiger partial charge in [-0.25, -0.2) is 0 Å². The Morgan fingerprint density at radius 2 is 1.69 bits per heavy atom. The minimum absolute atomic E-state index is 0.0387. The van der Waals surface area contributed by atoms with Gasteiger partial charge in [-0.1, -0.05) is 43.5 Å². The third-order valence-electron chi connectivity index (χ3n) is 6.81. The summed E-state index contributed by atoms with van der Waals surface area (Å²) < 4.78 is 16.6. The van der Waals surface area contributed by atoms with E-state index in [0.717, 1.165) is 19.3 Å². The van der Waals surface area contributed by atoms with Crippen LogP contribution in [-0.2, 0) is 9.59 Å². The molecule has 0 saturated carbocycles. The second kappa shape index (κ2) is 12.3. The molecule has 0 radical (unpaired) electrons. The van der Waals surface area contributed by atoms with E-state index in [2.05, 4.69) is 6.92 Å². The second-order valence-corrected chi connectivity index (χ2v) is 9.65. The fraction of sp³-hybridized carbons (Fsp3) is 0.290. The molecule has 1 amide bonds. The van der Waals surface area contributed by atoms with Crippen molar-refractivity contribution in [1.29, 1.82) is 0 Å². The van der Waals surface area contributed by atoms with Crippen LogP contribution in [0, 0.1) is 6.92 Å². The standard InChI is InChI=1S/C31H32ClNO6/c1-5-6-7-17-39-22-14-11-20(12-15-22)29(34)27-28(21-13-16-25(37-3)26(18-21)38-4)33(31(36)30(27)35)24-10-8-9-23(32)19(24)2/h8-16,18,28,34H,5-7,17H2,1-4H3/b29-27+. The van der Waals surface area contributed by atoms with Gasteiger partial charge in [-0.05, 0) is 73.0 Å². The van der Waals surface area contributed by atoms with Gasteiger partial charge in [0.1, 0.15) is 11.5 Å². The van der Waals surface area contributed by atoms with E-state index in [1.807, 2.05) is 0 Å². The molecule has 204 valence electrons. The van der Waals surface area contributed by atoms with Gasteiger partial charge in [-0.3, -0.25) is 14.5 Å². The second-order valence-electron chi connectivity index (χ2n) is 9.25. The lowest BCUT2D eigenvalue weighted by Gasteiger charge is -2.27. The summed E-state index contributed by atoms with van der Waals surface area (Å²) in [6, 6.07) is 16.2. The van der Waals surface area contributed by atoms with Gasteiger partial charge >= 0.3 is 0 Å². The Balaban J connectivity index is 1.84. The average Bonchev–Trinajstić information content (AvgIpc) is 3.22. The van der Waals surface area contributed by atoms with E-state index < -0.39 is 17.7 Å². The first-order valence-corrected chi connectivity index (χ1v) is 13.2. The number of hydrogen-bond acceptors (Lipinski definition) is 6. The lowest BCUT2D eigenvalue weighted by atomic mass is 9.94. The summed E-state index contributed by atoms with van der Waals surface area (Å²) in [5.41, 5.74) is 2.02. The lowest BCUT2D eigenvalue weighted by Crippen LogP contribution is -2.30. The molecule has 39 heavy (non-hydrogen) atoms. The molecule has 3 aromatic rings. The van der Waals surface area contributed by atoms with Crippen LogP contribution in [0.15, 0.2) is 66.2 Å². The van der Waals surface area contributed by atoms with Crippen molar-refractivity contribution in [2.45, 2.75) is 39.2 Å². The fourth-order valence-electron chi connectivity index (χ4n) is 4.68. The molecular formula is C31H32ClNO6. The first-order valence-electron chi connectivity index (χ1n) is 12.8. The highest BCUT2D eigenvalue weighted by molar-refractivity contribution is 6.52. The van der Waals surface area contributed by atoms with Crippen LogP contribution in [0.3, 0.4) is 0 Å². The normalized spacial score (nSPS) is 16.4. The number of anilines is 1. The Labute approximate surface area is 233 Å². The van der Waals surface area contributed by atoms with Gasteiger partial charge in [0.2, 0.25) is 0 Å². The molecular weight excluding hydrogens is 518 g/mol. The number of Topliss-reactive ketones (excluding diaryl/α,β-unsaturated/α-hetero) is 1. The first kappa shape index (κ1) is 28.0. The Morgan fingerprint density at radius 3 is 2.36 bits per heavy atom. The summed E-state index contributed by atoms with van der Waals surface area (Å²) in [6.07, 6.45) is 3.14. The average molecular weight is 550 g/mol. The highest BCUT2D eigenvalue weighted by atomic mass is 35.5. The summed E-state index contributed by atoms with van der Waals surface area (Å²) >= 11 is 6.39. The number of amides is 1. The number of halogens is 1. The molecule has 3 aromatic carbocycles. The van der Waals surface area contributed by atoms with Gasteiger partial charge in [-0.2, -0.15) is 0 Å². The molecule has 8 heteroatoms. The number of aliphatic hydroxyl groups excluding tert-OH is 1. The molecule has 1 N–H and O–H groups in total. The highest BCUT2D eigenvalue weighted by Crippen LogP contribution is 2.45. The minimum Gasteiger partial charge on any atom is -0.507 e. The van der Waals surface area contributed by atoms with Gasteiger partial charge in [0.25, 0.3) is 11.7 Å². The zero-order chi connectivity index (χ0) is 28.1. The zero-order valence-electron chi connectivity index (χ0n) is 22.5. The molecule has 0 aromatic heterocycles. The van der Waals surface area contributed by atoms with E-state index in [-0.39, 0.29) is 11.3 Å². The van der Waals surface area contributed by atoms with Crippen molar-refractivity contribution in [2.75, 3.05) is 25.7 Å². The maximum atomic E-state index is 13.5. The molecule has 0 bridgehead atoms. The van der Waals surface area contributed by atoms with Crippen molar-refractivity contribution in [3.8, 4) is 17.2 Å². The topological polar surface area (TPSA) is 85.3 Å². The maximum absolute atomic E-state index is 13.5. The summed E-state index contributed by atoms with van der Waals surface area (Å²) in [4.78, 5) is 28.4. The van der Waals surface area contributed by atoms with E-state index >= 15 is 0 Å². The number of carbonyl (C=O) groups excluding carboxylic acids is 2. The third kappa shape index (κ3) is 5.59. The van der Waals surface area contributed by atoms with Crippen molar-refractivity contribution in [1.82, 2.24) is 0 Å². The van der Waals surface area contributed by atoms with Gasteiger partial charge in [0.05, 0.1) is 32.4 Å². The smallest absolute Gasteiger partial charge is 0.300 e. The van der Waals surface area contributed by atoms with Crippen LogP contribution < -0.4 is 19.1 Å². The molecule has 1 atom stereocenters. The minimum atomic E-state index is -0.938. The Morgan fingerprint density at radius 1 is 0.974 bits per heavy atom. The predicted molar refractivity (Wildman–Crippen MR) is 152 cm³/mol. The number of unbranched alkanes of at least 4 members (excludes halogenated alkanes) is 2. The summed E-state index contributed by atoms with van der Waals surface area (Å²) in [5, 5.41) is 11.9. The van der Waals surface area contributed by atoms with Gasteiger partial charge in [0, 0.05) is 16.3 Å². The Hall–Kier alpha value is -3.97.